The van der Waals surface area contributed by atoms with Crippen LogP contribution in [0.4, 0.5) is 25.1 Å². The van der Waals surface area contributed by atoms with E-state index in [-0.39, 0.29) is 35.3 Å². The van der Waals surface area contributed by atoms with Gasteiger partial charge < -0.3 is 4.90 Å². The Morgan fingerprint density at radius 2 is 1.81 bits per heavy atom. The fourth-order valence-electron chi connectivity index (χ4n) is 3.88. The Morgan fingerprint density at radius 1 is 1.13 bits per heavy atom. The first-order chi connectivity index (χ1) is 14.8. The number of rotatable bonds is 5. The minimum Gasteiger partial charge on any atom is -0.343 e. The van der Waals surface area contributed by atoms with Crippen LogP contribution in [-0.2, 0) is 4.79 Å². The van der Waals surface area contributed by atoms with Gasteiger partial charge in [-0.05, 0) is 42.5 Å². The number of alkyl halides is 2. The predicted molar refractivity (Wildman–Crippen MR) is 116 cm³/mol. The van der Waals surface area contributed by atoms with Gasteiger partial charge in [-0.1, -0.05) is 32.0 Å². The fourth-order valence-corrected chi connectivity index (χ4v) is 3.88. The first kappa shape index (κ1) is 22.7. The number of hydrogen-bond acceptors (Lipinski definition) is 3. The van der Waals surface area contributed by atoms with Crippen molar-refractivity contribution in [2.24, 2.45) is 0 Å². The summed E-state index contributed by atoms with van der Waals surface area (Å²) in [5, 5.41) is 2.75. The molecule has 0 bridgehead atoms. The molecule has 0 saturated carbocycles. The molecule has 0 aliphatic carbocycles. The number of piperidine rings is 1. The third-order valence-electron chi connectivity index (χ3n) is 5.59. The molecule has 3 amide bonds. The maximum Gasteiger partial charge on any atom is 0.327 e. The first-order valence-corrected chi connectivity index (χ1v) is 10.5. The number of pyridine rings is 1. The second kappa shape index (κ2) is 9.85. The van der Waals surface area contributed by atoms with Crippen LogP contribution in [0.3, 0.4) is 0 Å². The lowest BCUT2D eigenvalue weighted by molar-refractivity contribution is -0.129. The van der Waals surface area contributed by atoms with Crippen LogP contribution in [0.2, 0.25) is 0 Å². The van der Waals surface area contributed by atoms with Crippen molar-refractivity contribution in [1.29, 1.82) is 0 Å². The number of nitrogens with one attached hydrogen (secondary N) is 1. The molecule has 6 nitrogen and oxygen atoms in total. The molecule has 1 aliphatic rings. The van der Waals surface area contributed by atoms with Gasteiger partial charge in [0.05, 0.1) is 0 Å². The number of anilines is 2. The van der Waals surface area contributed by atoms with Crippen molar-refractivity contribution in [2.75, 3.05) is 23.3 Å². The van der Waals surface area contributed by atoms with E-state index in [1.54, 1.807) is 16.7 Å². The molecule has 3 rings (SSSR count). The summed E-state index contributed by atoms with van der Waals surface area (Å²) in [6, 6.07) is 9.91. The Hall–Kier alpha value is -3.03. The summed E-state index contributed by atoms with van der Waals surface area (Å²) in [6.07, 6.45) is -0.245. The van der Waals surface area contributed by atoms with E-state index in [0.717, 1.165) is 17.4 Å². The van der Waals surface area contributed by atoms with E-state index in [1.165, 1.54) is 12.1 Å². The summed E-state index contributed by atoms with van der Waals surface area (Å²) in [4.78, 5) is 32.6. The molecule has 8 heteroatoms. The fraction of sp³-hybridized carbons (Fsp3) is 0.435. The summed E-state index contributed by atoms with van der Waals surface area (Å²) < 4.78 is 25.6. The zero-order chi connectivity index (χ0) is 22.5. The van der Waals surface area contributed by atoms with E-state index in [1.807, 2.05) is 24.3 Å². The van der Waals surface area contributed by atoms with Gasteiger partial charge in [-0.2, -0.15) is 0 Å². The summed E-state index contributed by atoms with van der Waals surface area (Å²) in [5.74, 6) is 0.440. The van der Waals surface area contributed by atoms with Crippen LogP contribution in [0.5, 0.6) is 0 Å². The SMILES string of the molecule is CC(=O)N1CCC(N(C(=O)Nc2ccc(C(F)F)cn2)c2ccccc2C(C)C)CC1. The number of aromatic nitrogens is 1. The number of likely N-dealkylation sites (tertiary alicyclic amines) is 1. The van der Waals surface area contributed by atoms with E-state index in [9.17, 15) is 18.4 Å². The van der Waals surface area contributed by atoms with Crippen molar-refractivity contribution in [1.82, 2.24) is 9.88 Å². The highest BCUT2D eigenvalue weighted by Gasteiger charge is 2.31. The van der Waals surface area contributed by atoms with E-state index < -0.39 is 6.43 Å². The maximum absolute atomic E-state index is 13.4. The minimum atomic E-state index is -2.61. The normalized spacial score (nSPS) is 14.7. The van der Waals surface area contributed by atoms with Gasteiger partial charge in [-0.15, -0.1) is 0 Å². The van der Waals surface area contributed by atoms with Crippen LogP contribution >= 0.6 is 0 Å². The van der Waals surface area contributed by atoms with Crippen LogP contribution in [0.15, 0.2) is 42.6 Å². The number of carbonyl (C=O) groups is 2. The lowest BCUT2D eigenvalue weighted by Crippen LogP contribution is -2.50. The van der Waals surface area contributed by atoms with Gasteiger partial charge in [0.25, 0.3) is 6.43 Å². The quantitative estimate of drug-likeness (QED) is 0.710. The molecule has 1 aromatic heterocycles. The molecule has 2 heterocycles. The molecule has 31 heavy (non-hydrogen) atoms. The van der Waals surface area contributed by atoms with Crippen molar-refractivity contribution in [3.8, 4) is 0 Å². The molecule has 1 N–H and O–H groups in total. The van der Waals surface area contributed by atoms with Crippen molar-refractivity contribution in [3.63, 3.8) is 0 Å². The summed E-state index contributed by atoms with van der Waals surface area (Å²) in [7, 11) is 0. The second-order valence-corrected chi connectivity index (χ2v) is 8.03. The van der Waals surface area contributed by atoms with Gasteiger partial charge in [-0.25, -0.2) is 18.6 Å². The smallest absolute Gasteiger partial charge is 0.327 e. The number of para-hydroxylation sites is 1. The van der Waals surface area contributed by atoms with Crippen LogP contribution < -0.4 is 10.2 Å². The van der Waals surface area contributed by atoms with E-state index >= 15 is 0 Å². The van der Waals surface area contributed by atoms with Crippen molar-refractivity contribution < 1.29 is 18.4 Å². The van der Waals surface area contributed by atoms with Gasteiger partial charge in [0.15, 0.2) is 0 Å². The topological polar surface area (TPSA) is 65.5 Å². The Morgan fingerprint density at radius 3 is 2.35 bits per heavy atom. The molecule has 1 fully saturated rings. The third-order valence-corrected chi connectivity index (χ3v) is 5.59. The average molecular weight is 430 g/mol. The largest absolute Gasteiger partial charge is 0.343 e. The lowest BCUT2D eigenvalue weighted by atomic mass is 9.97. The highest BCUT2D eigenvalue weighted by molar-refractivity contribution is 6.02. The first-order valence-electron chi connectivity index (χ1n) is 10.5. The molecule has 1 saturated heterocycles. The Kier molecular flexibility index (Phi) is 7.20. The van der Waals surface area contributed by atoms with E-state index in [4.69, 9.17) is 0 Å². The van der Waals surface area contributed by atoms with Crippen molar-refractivity contribution in [3.05, 3.63) is 53.7 Å². The number of nitrogens with zero attached hydrogens (tertiary/aromatic N) is 3. The molecule has 1 aliphatic heterocycles. The highest BCUT2D eigenvalue weighted by Crippen LogP contribution is 2.32. The zero-order valence-electron chi connectivity index (χ0n) is 18.0. The summed E-state index contributed by atoms with van der Waals surface area (Å²) in [6.45, 7) is 6.84. The third kappa shape index (κ3) is 5.37. The number of urea groups is 1. The average Bonchev–Trinajstić information content (AvgIpc) is 2.75. The van der Waals surface area contributed by atoms with Gasteiger partial charge in [-0.3, -0.25) is 15.0 Å². The van der Waals surface area contributed by atoms with E-state index in [2.05, 4.69) is 24.1 Å². The number of carbonyl (C=O) groups excluding carboxylic acids is 2. The second-order valence-electron chi connectivity index (χ2n) is 8.03. The molecule has 0 unspecified atom stereocenters. The number of hydrogen-bond donors (Lipinski definition) is 1. The lowest BCUT2D eigenvalue weighted by Gasteiger charge is -2.39. The standard InChI is InChI=1S/C23H28F2N4O2/c1-15(2)19-6-4-5-7-20(19)29(18-10-12-28(13-11-18)16(3)30)23(31)27-21-9-8-17(14-26-21)22(24)25/h4-9,14-15,18,22H,10-13H2,1-3H3,(H,26,27,31). The van der Waals surface area contributed by atoms with Gasteiger partial charge >= 0.3 is 6.03 Å². The number of halogens is 2. The molecule has 0 spiro atoms. The van der Waals surface area contributed by atoms with Gasteiger partial charge in [0.1, 0.15) is 5.82 Å². The Bertz CT molecular complexity index is 910. The highest BCUT2D eigenvalue weighted by atomic mass is 19.3. The van der Waals surface area contributed by atoms with Crippen LogP contribution in [0.1, 0.15) is 57.1 Å². The number of benzene rings is 1. The van der Waals surface area contributed by atoms with E-state index in [0.29, 0.717) is 25.9 Å². The minimum absolute atomic E-state index is 0.0281. The molecule has 1 aromatic carbocycles. The van der Waals surface area contributed by atoms with Crippen LogP contribution in [0.25, 0.3) is 0 Å². The van der Waals surface area contributed by atoms with Crippen molar-refractivity contribution >= 4 is 23.4 Å². The summed E-state index contributed by atoms with van der Waals surface area (Å²) in [5.41, 5.74) is 1.64. The molecular formula is C23H28F2N4O2. The monoisotopic (exact) mass is 430 g/mol. The Balaban J connectivity index is 1.89. The number of amides is 3. The van der Waals surface area contributed by atoms with Crippen LogP contribution in [-0.4, -0.2) is 41.0 Å². The molecule has 0 radical (unpaired) electrons. The molecule has 166 valence electrons. The Labute approximate surface area is 181 Å². The van der Waals surface area contributed by atoms with Crippen molar-refractivity contribution in [2.45, 2.75) is 52.0 Å². The molecule has 0 atom stereocenters. The predicted octanol–water partition coefficient (Wildman–Crippen LogP) is 5.19. The molecule has 2 aromatic rings. The maximum atomic E-state index is 13.4. The van der Waals surface area contributed by atoms with Gasteiger partial charge in [0, 0.05) is 43.5 Å². The molecular weight excluding hydrogens is 402 g/mol. The zero-order valence-corrected chi connectivity index (χ0v) is 18.0. The van der Waals surface area contributed by atoms with Crippen LogP contribution in [0, 0.1) is 0 Å². The summed E-state index contributed by atoms with van der Waals surface area (Å²) >= 11 is 0. The van der Waals surface area contributed by atoms with Gasteiger partial charge in [0.2, 0.25) is 5.91 Å².